The molecular weight excluding hydrogens is 446 g/mol. The molecule has 2 N–H and O–H groups in total. The van der Waals surface area contributed by atoms with E-state index < -0.39 is 23.1 Å². The quantitative estimate of drug-likeness (QED) is 0.567. The minimum absolute atomic E-state index is 0.0553. The maximum Gasteiger partial charge on any atom is 0.338 e. The zero-order valence-corrected chi connectivity index (χ0v) is 18.9. The zero-order valence-electron chi connectivity index (χ0n) is 18.1. The van der Waals surface area contributed by atoms with Gasteiger partial charge in [0.05, 0.1) is 23.4 Å². The van der Waals surface area contributed by atoms with Crippen molar-refractivity contribution in [3.63, 3.8) is 0 Å². The monoisotopic (exact) mass is 469 g/mol. The van der Waals surface area contributed by atoms with E-state index in [9.17, 15) is 19.2 Å². The van der Waals surface area contributed by atoms with Crippen LogP contribution in [0.4, 0.5) is 11.4 Å². The highest BCUT2D eigenvalue weighted by molar-refractivity contribution is 8.15. The summed E-state index contributed by atoms with van der Waals surface area (Å²) in [5, 5.41) is 11.5. The summed E-state index contributed by atoms with van der Waals surface area (Å²) in [5.41, 5.74) is 1.37. The molecule has 2 aromatic carbocycles. The summed E-state index contributed by atoms with van der Waals surface area (Å²) < 4.78 is 4.96. The van der Waals surface area contributed by atoms with Crippen molar-refractivity contribution < 1.29 is 29.0 Å². The number of carbonyl (C=O) groups is 4. The van der Waals surface area contributed by atoms with Crippen molar-refractivity contribution in [3.05, 3.63) is 59.7 Å². The molecule has 1 atom stereocenters. The van der Waals surface area contributed by atoms with Gasteiger partial charge in [0.2, 0.25) is 11.8 Å². The molecule has 0 radical (unpaired) electrons. The third kappa shape index (κ3) is 5.98. The number of amides is 2. The number of hydrogen-bond donors (Lipinski definition) is 2. The Morgan fingerprint density at radius 1 is 1.12 bits per heavy atom. The normalized spacial score (nSPS) is 16.7. The number of aliphatic imine (C=N–C) groups is 1. The minimum Gasteiger partial charge on any atom is -0.478 e. The summed E-state index contributed by atoms with van der Waals surface area (Å²) in [6.07, 6.45) is -0.0852. The number of rotatable bonds is 8. The van der Waals surface area contributed by atoms with Crippen LogP contribution in [0.5, 0.6) is 0 Å². The SMILES string of the molecule is CCOC(=O)c1ccc(N=C2SC(CC(=O)Nc3cccc(C(=O)O)c3)C(=O)N2CC)cc1. The summed E-state index contributed by atoms with van der Waals surface area (Å²) >= 11 is 1.19. The highest BCUT2D eigenvalue weighted by Crippen LogP contribution is 2.31. The molecule has 1 aliphatic heterocycles. The average Bonchev–Trinajstić information content (AvgIpc) is 3.08. The van der Waals surface area contributed by atoms with Crippen molar-refractivity contribution in [2.75, 3.05) is 18.5 Å². The maximum absolute atomic E-state index is 12.8. The Labute approximate surface area is 194 Å². The average molecular weight is 470 g/mol. The number of carboxylic acids is 1. The van der Waals surface area contributed by atoms with Gasteiger partial charge < -0.3 is 15.2 Å². The largest absolute Gasteiger partial charge is 0.478 e. The number of nitrogens with one attached hydrogen (secondary N) is 1. The first-order valence-electron chi connectivity index (χ1n) is 10.3. The fourth-order valence-electron chi connectivity index (χ4n) is 3.12. The molecule has 2 aromatic rings. The molecule has 0 spiro atoms. The van der Waals surface area contributed by atoms with Crippen molar-refractivity contribution in [1.82, 2.24) is 4.90 Å². The molecule has 1 fully saturated rings. The number of carboxylic acid groups (broad SMARTS) is 1. The van der Waals surface area contributed by atoms with E-state index >= 15 is 0 Å². The lowest BCUT2D eigenvalue weighted by Crippen LogP contribution is -2.33. The first-order valence-corrected chi connectivity index (χ1v) is 11.2. The fourth-order valence-corrected chi connectivity index (χ4v) is 4.35. The van der Waals surface area contributed by atoms with Gasteiger partial charge in [0.15, 0.2) is 5.17 Å². The highest BCUT2D eigenvalue weighted by atomic mass is 32.2. The van der Waals surface area contributed by atoms with Crippen molar-refractivity contribution in [3.8, 4) is 0 Å². The van der Waals surface area contributed by atoms with Crippen LogP contribution in [0.25, 0.3) is 0 Å². The van der Waals surface area contributed by atoms with Crippen molar-refractivity contribution in [2.45, 2.75) is 25.5 Å². The smallest absolute Gasteiger partial charge is 0.338 e. The molecule has 3 rings (SSSR count). The topological polar surface area (TPSA) is 125 Å². The lowest BCUT2D eigenvalue weighted by Gasteiger charge is -2.13. The molecule has 0 aromatic heterocycles. The Morgan fingerprint density at radius 3 is 2.48 bits per heavy atom. The van der Waals surface area contributed by atoms with Crippen molar-refractivity contribution in [2.24, 2.45) is 4.99 Å². The molecule has 0 aliphatic carbocycles. The van der Waals surface area contributed by atoms with Gasteiger partial charge in [-0.25, -0.2) is 14.6 Å². The number of anilines is 1. The van der Waals surface area contributed by atoms with Gasteiger partial charge in [-0.3, -0.25) is 14.5 Å². The van der Waals surface area contributed by atoms with Gasteiger partial charge in [-0.15, -0.1) is 0 Å². The second-order valence-electron chi connectivity index (χ2n) is 6.99. The van der Waals surface area contributed by atoms with Gasteiger partial charge in [0.25, 0.3) is 0 Å². The van der Waals surface area contributed by atoms with Gasteiger partial charge in [-0.2, -0.15) is 0 Å². The van der Waals surface area contributed by atoms with Gasteiger partial charge in [0.1, 0.15) is 5.25 Å². The molecule has 9 nitrogen and oxygen atoms in total. The van der Waals surface area contributed by atoms with E-state index in [1.54, 1.807) is 37.3 Å². The summed E-state index contributed by atoms with van der Waals surface area (Å²) in [4.78, 5) is 54.2. The van der Waals surface area contributed by atoms with Crippen LogP contribution in [0.1, 0.15) is 41.0 Å². The van der Waals surface area contributed by atoms with E-state index in [2.05, 4.69) is 10.3 Å². The molecule has 0 bridgehead atoms. The number of amidine groups is 1. The second-order valence-corrected chi connectivity index (χ2v) is 8.16. The highest BCUT2D eigenvalue weighted by Gasteiger charge is 2.38. The third-order valence-corrected chi connectivity index (χ3v) is 5.88. The molecule has 1 aliphatic rings. The Bertz CT molecular complexity index is 1100. The maximum atomic E-state index is 12.8. The van der Waals surface area contributed by atoms with Crippen LogP contribution in [-0.2, 0) is 14.3 Å². The molecule has 0 saturated carbocycles. The van der Waals surface area contributed by atoms with Gasteiger partial charge in [-0.1, -0.05) is 17.8 Å². The fraction of sp³-hybridized carbons (Fsp3) is 0.261. The Balaban J connectivity index is 1.69. The van der Waals surface area contributed by atoms with Crippen LogP contribution >= 0.6 is 11.8 Å². The van der Waals surface area contributed by atoms with Crippen LogP contribution < -0.4 is 5.32 Å². The molecule has 2 amide bonds. The molecule has 1 unspecified atom stereocenters. The third-order valence-electron chi connectivity index (χ3n) is 4.70. The minimum atomic E-state index is -1.10. The number of thioether (sulfide) groups is 1. The lowest BCUT2D eigenvalue weighted by molar-refractivity contribution is -0.128. The van der Waals surface area contributed by atoms with E-state index in [0.717, 1.165) is 0 Å². The Morgan fingerprint density at radius 2 is 1.85 bits per heavy atom. The molecule has 10 heteroatoms. The summed E-state index contributed by atoms with van der Waals surface area (Å²) in [6.45, 7) is 4.23. The van der Waals surface area contributed by atoms with Gasteiger partial charge in [-0.05, 0) is 56.3 Å². The van der Waals surface area contributed by atoms with Crippen LogP contribution in [-0.4, -0.2) is 57.3 Å². The number of carbonyl (C=O) groups excluding carboxylic acids is 3. The Hall–Kier alpha value is -3.66. The van der Waals surface area contributed by atoms with Crippen LogP contribution in [0.15, 0.2) is 53.5 Å². The predicted molar refractivity (Wildman–Crippen MR) is 125 cm³/mol. The first-order chi connectivity index (χ1) is 15.8. The lowest BCUT2D eigenvalue weighted by atomic mass is 10.2. The molecule has 1 saturated heterocycles. The number of aromatic carboxylic acids is 1. The number of nitrogens with zero attached hydrogens (tertiary/aromatic N) is 2. The Kier molecular flexibility index (Phi) is 7.83. The molecule has 172 valence electrons. The second kappa shape index (κ2) is 10.8. The van der Waals surface area contributed by atoms with Crippen molar-refractivity contribution >= 4 is 52.1 Å². The van der Waals surface area contributed by atoms with Crippen LogP contribution in [0.2, 0.25) is 0 Å². The summed E-state index contributed by atoms with van der Waals surface area (Å²) in [5.74, 6) is -2.14. The number of esters is 1. The predicted octanol–water partition coefficient (Wildman–Crippen LogP) is 3.54. The number of hydrogen-bond acceptors (Lipinski definition) is 7. The molecular formula is C23H23N3O6S. The standard InChI is InChI=1S/C23H23N3O6S/c1-3-26-20(28)18(13-19(27)24-17-7-5-6-15(12-17)21(29)30)33-23(26)25-16-10-8-14(9-11-16)22(31)32-4-2/h5-12,18H,3-4,13H2,1-2H3,(H,24,27)(H,29,30). The first kappa shape index (κ1) is 24.0. The molecule has 33 heavy (non-hydrogen) atoms. The van der Waals surface area contributed by atoms with Gasteiger partial charge >= 0.3 is 11.9 Å². The van der Waals surface area contributed by atoms with E-state index in [1.165, 1.54) is 34.9 Å². The summed E-state index contributed by atoms with van der Waals surface area (Å²) in [7, 11) is 0. The molecule has 1 heterocycles. The van der Waals surface area contributed by atoms with Crippen LogP contribution in [0.3, 0.4) is 0 Å². The van der Waals surface area contributed by atoms with Gasteiger partial charge in [0, 0.05) is 18.7 Å². The zero-order chi connectivity index (χ0) is 24.0. The van der Waals surface area contributed by atoms with Crippen LogP contribution in [0, 0.1) is 0 Å². The van der Waals surface area contributed by atoms with E-state index in [0.29, 0.717) is 28.7 Å². The van der Waals surface area contributed by atoms with Crippen molar-refractivity contribution in [1.29, 1.82) is 0 Å². The van der Waals surface area contributed by atoms with E-state index in [4.69, 9.17) is 9.84 Å². The van der Waals surface area contributed by atoms with E-state index in [-0.39, 0.29) is 24.5 Å². The number of ether oxygens (including phenoxy) is 1. The number of benzene rings is 2. The van der Waals surface area contributed by atoms with E-state index in [1.807, 2.05) is 6.92 Å². The summed E-state index contributed by atoms with van der Waals surface area (Å²) in [6, 6.07) is 12.4.